The van der Waals surface area contributed by atoms with Gasteiger partial charge in [0.1, 0.15) is 11.6 Å². The van der Waals surface area contributed by atoms with Crippen LogP contribution in [0.3, 0.4) is 0 Å². The van der Waals surface area contributed by atoms with Crippen molar-refractivity contribution in [2.24, 2.45) is 0 Å². The molecule has 5 nitrogen and oxygen atoms in total. The Morgan fingerprint density at radius 1 is 1.30 bits per heavy atom. The van der Waals surface area contributed by atoms with Crippen LogP contribution in [0, 0.1) is 5.82 Å². The molecule has 2 heterocycles. The standard InChI is InChI=1S/C16H22FN3O2.ClH/c1-22-15-3-2-12(17)10-14(15)16(21)20-7-4-13(11-20)19-8-5-18-6-9-19;/h2-3,10,13,18H,4-9,11H2,1H3;1H. The zero-order chi connectivity index (χ0) is 15.5. The van der Waals surface area contributed by atoms with Crippen LogP contribution in [0.25, 0.3) is 0 Å². The van der Waals surface area contributed by atoms with Gasteiger partial charge in [-0.3, -0.25) is 9.69 Å². The number of benzene rings is 1. The Kier molecular flexibility index (Phi) is 6.21. The number of amides is 1. The Morgan fingerprint density at radius 2 is 2.04 bits per heavy atom. The summed E-state index contributed by atoms with van der Waals surface area (Å²) in [5, 5.41) is 3.34. The summed E-state index contributed by atoms with van der Waals surface area (Å²) in [7, 11) is 1.50. The average molecular weight is 344 g/mol. The summed E-state index contributed by atoms with van der Waals surface area (Å²) >= 11 is 0. The summed E-state index contributed by atoms with van der Waals surface area (Å²) in [6.45, 7) is 5.47. The highest BCUT2D eigenvalue weighted by Crippen LogP contribution is 2.24. The van der Waals surface area contributed by atoms with E-state index in [1.165, 1.54) is 25.3 Å². The van der Waals surface area contributed by atoms with E-state index < -0.39 is 5.82 Å². The Hall–Kier alpha value is -1.37. The molecule has 0 radical (unpaired) electrons. The lowest BCUT2D eigenvalue weighted by molar-refractivity contribution is 0.0769. The average Bonchev–Trinajstić information content (AvgIpc) is 3.05. The van der Waals surface area contributed by atoms with Crippen molar-refractivity contribution in [3.05, 3.63) is 29.6 Å². The van der Waals surface area contributed by atoms with E-state index in [2.05, 4.69) is 10.2 Å². The van der Waals surface area contributed by atoms with Crippen LogP contribution in [-0.4, -0.2) is 68.1 Å². The fraction of sp³-hybridized carbons (Fsp3) is 0.562. The molecule has 0 bridgehead atoms. The number of methoxy groups -OCH3 is 1. The molecule has 2 saturated heterocycles. The molecule has 1 aromatic carbocycles. The van der Waals surface area contributed by atoms with Crippen molar-refractivity contribution >= 4 is 18.3 Å². The molecule has 3 rings (SSSR count). The number of hydrogen-bond acceptors (Lipinski definition) is 4. The van der Waals surface area contributed by atoms with Gasteiger partial charge in [-0.05, 0) is 24.6 Å². The Labute approximate surface area is 142 Å². The van der Waals surface area contributed by atoms with E-state index in [1.54, 1.807) is 0 Å². The first-order valence-electron chi connectivity index (χ1n) is 7.76. The van der Waals surface area contributed by atoms with Gasteiger partial charge in [0.15, 0.2) is 0 Å². The number of piperazine rings is 1. The minimum absolute atomic E-state index is 0. The highest BCUT2D eigenvalue weighted by molar-refractivity contribution is 5.97. The molecule has 2 fully saturated rings. The van der Waals surface area contributed by atoms with Gasteiger partial charge in [-0.2, -0.15) is 0 Å². The molecule has 1 amide bonds. The fourth-order valence-corrected chi connectivity index (χ4v) is 3.29. The predicted octanol–water partition coefficient (Wildman–Crippen LogP) is 1.38. The van der Waals surface area contributed by atoms with Crippen molar-refractivity contribution < 1.29 is 13.9 Å². The minimum atomic E-state index is -0.415. The topological polar surface area (TPSA) is 44.8 Å². The van der Waals surface area contributed by atoms with Gasteiger partial charge < -0.3 is 15.0 Å². The van der Waals surface area contributed by atoms with Crippen LogP contribution in [0.2, 0.25) is 0 Å². The van der Waals surface area contributed by atoms with Crippen LogP contribution in [0.15, 0.2) is 18.2 Å². The van der Waals surface area contributed by atoms with E-state index in [0.717, 1.165) is 32.6 Å². The lowest BCUT2D eigenvalue weighted by Gasteiger charge is -2.32. The van der Waals surface area contributed by atoms with Crippen LogP contribution in [0.5, 0.6) is 5.75 Å². The minimum Gasteiger partial charge on any atom is -0.496 e. The molecule has 7 heteroatoms. The number of nitrogens with zero attached hydrogens (tertiary/aromatic N) is 2. The molecule has 1 aromatic rings. The number of carbonyl (C=O) groups excluding carboxylic acids is 1. The van der Waals surface area contributed by atoms with Crippen molar-refractivity contribution in [1.82, 2.24) is 15.1 Å². The Morgan fingerprint density at radius 3 is 2.74 bits per heavy atom. The summed E-state index contributed by atoms with van der Waals surface area (Å²) in [5.41, 5.74) is 0.309. The largest absolute Gasteiger partial charge is 0.496 e. The van der Waals surface area contributed by atoms with Gasteiger partial charge in [0.05, 0.1) is 12.7 Å². The molecule has 0 spiro atoms. The van der Waals surface area contributed by atoms with Gasteiger partial charge in [0.2, 0.25) is 0 Å². The van der Waals surface area contributed by atoms with Gasteiger partial charge >= 0.3 is 0 Å². The molecule has 1 atom stereocenters. The third-order valence-electron chi connectivity index (χ3n) is 4.51. The van der Waals surface area contributed by atoms with Gasteiger partial charge in [0.25, 0.3) is 5.91 Å². The normalized spacial score (nSPS) is 21.8. The summed E-state index contributed by atoms with van der Waals surface area (Å²) in [6, 6.07) is 4.49. The number of rotatable bonds is 3. The molecule has 2 aliphatic heterocycles. The maximum Gasteiger partial charge on any atom is 0.257 e. The number of nitrogens with one attached hydrogen (secondary N) is 1. The number of ether oxygens (including phenoxy) is 1. The molecular formula is C16H23ClFN3O2. The van der Waals surface area contributed by atoms with E-state index in [1.807, 2.05) is 4.90 Å². The highest BCUT2D eigenvalue weighted by atomic mass is 35.5. The van der Waals surface area contributed by atoms with Crippen LogP contribution < -0.4 is 10.1 Å². The van der Waals surface area contributed by atoms with Crippen molar-refractivity contribution in [3.63, 3.8) is 0 Å². The molecule has 0 saturated carbocycles. The lowest BCUT2D eigenvalue weighted by Crippen LogP contribution is -2.49. The van der Waals surface area contributed by atoms with Crippen LogP contribution in [0.4, 0.5) is 4.39 Å². The first kappa shape index (κ1) is 18.0. The molecule has 128 valence electrons. The smallest absolute Gasteiger partial charge is 0.257 e. The van der Waals surface area contributed by atoms with E-state index in [4.69, 9.17) is 4.74 Å². The second-order valence-corrected chi connectivity index (χ2v) is 5.82. The summed E-state index contributed by atoms with van der Waals surface area (Å²) in [5.74, 6) is -0.131. The molecule has 23 heavy (non-hydrogen) atoms. The fourth-order valence-electron chi connectivity index (χ4n) is 3.29. The molecular weight excluding hydrogens is 321 g/mol. The summed E-state index contributed by atoms with van der Waals surface area (Å²) in [4.78, 5) is 16.9. The molecule has 1 N–H and O–H groups in total. The summed E-state index contributed by atoms with van der Waals surface area (Å²) in [6.07, 6.45) is 0.976. The monoisotopic (exact) mass is 343 g/mol. The van der Waals surface area contributed by atoms with Crippen molar-refractivity contribution in [2.75, 3.05) is 46.4 Å². The van der Waals surface area contributed by atoms with Crippen LogP contribution in [-0.2, 0) is 0 Å². The van der Waals surface area contributed by atoms with E-state index in [-0.39, 0.29) is 18.3 Å². The number of likely N-dealkylation sites (tertiary alicyclic amines) is 1. The quantitative estimate of drug-likeness (QED) is 0.900. The van der Waals surface area contributed by atoms with E-state index in [0.29, 0.717) is 30.4 Å². The van der Waals surface area contributed by atoms with Gasteiger partial charge in [-0.1, -0.05) is 0 Å². The molecule has 0 aliphatic carbocycles. The van der Waals surface area contributed by atoms with Crippen LogP contribution >= 0.6 is 12.4 Å². The number of carbonyl (C=O) groups is 1. The van der Waals surface area contributed by atoms with Gasteiger partial charge in [-0.15, -0.1) is 12.4 Å². The molecule has 2 aliphatic rings. The lowest BCUT2D eigenvalue weighted by atomic mass is 10.1. The van der Waals surface area contributed by atoms with E-state index in [9.17, 15) is 9.18 Å². The predicted molar refractivity (Wildman–Crippen MR) is 89.0 cm³/mol. The second kappa shape index (κ2) is 7.95. The maximum absolute atomic E-state index is 13.5. The molecule has 1 unspecified atom stereocenters. The van der Waals surface area contributed by atoms with Crippen molar-refractivity contribution in [2.45, 2.75) is 12.5 Å². The highest BCUT2D eigenvalue weighted by Gasteiger charge is 2.32. The van der Waals surface area contributed by atoms with Crippen LogP contribution in [0.1, 0.15) is 16.8 Å². The second-order valence-electron chi connectivity index (χ2n) is 5.82. The maximum atomic E-state index is 13.5. The van der Waals surface area contributed by atoms with E-state index >= 15 is 0 Å². The molecule has 0 aromatic heterocycles. The summed E-state index contributed by atoms with van der Waals surface area (Å²) < 4.78 is 18.6. The van der Waals surface area contributed by atoms with Crippen molar-refractivity contribution in [1.29, 1.82) is 0 Å². The Bertz CT molecular complexity index is 552. The number of halogens is 2. The number of hydrogen-bond donors (Lipinski definition) is 1. The zero-order valence-corrected chi connectivity index (χ0v) is 14.1. The first-order chi connectivity index (χ1) is 10.7. The van der Waals surface area contributed by atoms with Gasteiger partial charge in [0, 0.05) is 45.3 Å². The van der Waals surface area contributed by atoms with Gasteiger partial charge in [-0.25, -0.2) is 4.39 Å². The Balaban J connectivity index is 0.00000192. The third-order valence-corrected chi connectivity index (χ3v) is 4.51. The SMILES string of the molecule is COc1ccc(F)cc1C(=O)N1CCC(N2CCNCC2)C1.Cl. The van der Waals surface area contributed by atoms with Crippen molar-refractivity contribution in [3.8, 4) is 5.75 Å². The first-order valence-corrected chi connectivity index (χ1v) is 7.76. The zero-order valence-electron chi connectivity index (χ0n) is 13.3. The third kappa shape index (κ3) is 3.94.